The first kappa shape index (κ1) is 24.3. The Balaban J connectivity index is 1.81. The minimum Gasteiger partial charge on any atom is -0.494 e. The van der Waals surface area contributed by atoms with Crippen molar-refractivity contribution >= 4 is 45.6 Å². The lowest BCUT2D eigenvalue weighted by atomic mass is 10.00. The Morgan fingerprint density at radius 1 is 1.00 bits per heavy atom. The van der Waals surface area contributed by atoms with Gasteiger partial charge in [-0.3, -0.25) is 4.79 Å². The minimum atomic E-state index is -0.904. The summed E-state index contributed by atoms with van der Waals surface area (Å²) in [6.45, 7) is 0.718. The van der Waals surface area contributed by atoms with Gasteiger partial charge in [0.25, 0.3) is 0 Å². The van der Waals surface area contributed by atoms with Crippen molar-refractivity contribution in [2.75, 3.05) is 32.6 Å². The summed E-state index contributed by atoms with van der Waals surface area (Å²) in [7, 11) is 5.77. The molecule has 0 aliphatic heterocycles. The van der Waals surface area contributed by atoms with Crippen molar-refractivity contribution in [3.8, 4) is 5.88 Å². The van der Waals surface area contributed by atoms with Crippen LogP contribution in [0.3, 0.4) is 0 Å². The number of hydrogen-bond acceptors (Lipinski definition) is 5. The molecule has 1 heterocycles. The Labute approximate surface area is 208 Å². The molecule has 0 unspecified atom stereocenters. The number of rotatable bonds is 8. The number of aromatic amines is 1. The standard InChI is InChI=1S/C27H27ClN4O3/c1-31(2)15-17-4-9-20(10-5-17)29-26(18-6-11-21(12-7-18)32(3)16-24(33)34)25-22-13-8-19(28)14-23(22)30-27(25)35/h4-14,30,35H,15-16H2,1-3H3,(H,33,34). The number of carboxylic acids is 1. The Morgan fingerprint density at radius 3 is 2.31 bits per heavy atom. The molecule has 0 fully saturated rings. The zero-order valence-electron chi connectivity index (χ0n) is 19.8. The van der Waals surface area contributed by atoms with E-state index in [0.29, 0.717) is 21.8 Å². The van der Waals surface area contributed by atoms with Crippen LogP contribution in [-0.4, -0.2) is 59.5 Å². The Morgan fingerprint density at radius 2 is 1.69 bits per heavy atom. The highest BCUT2D eigenvalue weighted by molar-refractivity contribution is 6.31. The average molecular weight is 491 g/mol. The van der Waals surface area contributed by atoms with Crippen LogP contribution < -0.4 is 4.90 Å². The van der Waals surface area contributed by atoms with Gasteiger partial charge >= 0.3 is 5.97 Å². The van der Waals surface area contributed by atoms with E-state index in [9.17, 15) is 9.90 Å². The lowest BCUT2D eigenvalue weighted by Gasteiger charge is -2.17. The number of carbonyl (C=O) groups is 1. The van der Waals surface area contributed by atoms with Gasteiger partial charge in [0.2, 0.25) is 0 Å². The summed E-state index contributed by atoms with van der Waals surface area (Å²) in [4.78, 5) is 22.8. The van der Waals surface area contributed by atoms with Crippen LogP contribution in [0.4, 0.5) is 11.4 Å². The maximum Gasteiger partial charge on any atom is 0.323 e. The molecule has 0 amide bonds. The lowest BCUT2D eigenvalue weighted by Crippen LogP contribution is -2.25. The number of nitrogens with one attached hydrogen (secondary N) is 1. The van der Waals surface area contributed by atoms with Gasteiger partial charge in [0, 0.05) is 35.3 Å². The molecule has 0 saturated carbocycles. The number of carboxylic acid groups (broad SMARTS) is 1. The van der Waals surface area contributed by atoms with Gasteiger partial charge in [0.15, 0.2) is 5.88 Å². The normalized spacial score (nSPS) is 11.9. The average Bonchev–Trinajstić information content (AvgIpc) is 3.12. The third-order valence-corrected chi connectivity index (χ3v) is 5.84. The molecule has 35 heavy (non-hydrogen) atoms. The number of aliphatic carboxylic acids is 1. The third-order valence-electron chi connectivity index (χ3n) is 5.61. The van der Waals surface area contributed by atoms with Crippen molar-refractivity contribution in [1.29, 1.82) is 0 Å². The second-order valence-electron chi connectivity index (χ2n) is 8.70. The van der Waals surface area contributed by atoms with Crippen molar-refractivity contribution in [1.82, 2.24) is 9.88 Å². The van der Waals surface area contributed by atoms with Gasteiger partial charge in [-0.05, 0) is 56.1 Å². The first-order chi connectivity index (χ1) is 16.7. The van der Waals surface area contributed by atoms with E-state index in [1.165, 1.54) is 5.56 Å². The number of halogens is 1. The molecule has 8 heteroatoms. The van der Waals surface area contributed by atoms with E-state index in [2.05, 4.69) is 9.88 Å². The van der Waals surface area contributed by atoms with Gasteiger partial charge in [-0.1, -0.05) is 41.9 Å². The van der Waals surface area contributed by atoms with Crippen LogP contribution in [0.1, 0.15) is 16.7 Å². The van der Waals surface area contributed by atoms with E-state index in [4.69, 9.17) is 21.7 Å². The van der Waals surface area contributed by atoms with Gasteiger partial charge in [0.05, 0.1) is 22.5 Å². The number of aliphatic imine (C=N–C) groups is 1. The zero-order chi connectivity index (χ0) is 25.1. The second kappa shape index (κ2) is 10.2. The van der Waals surface area contributed by atoms with Gasteiger partial charge in [-0.2, -0.15) is 0 Å². The first-order valence-electron chi connectivity index (χ1n) is 11.1. The predicted molar refractivity (Wildman–Crippen MR) is 141 cm³/mol. The van der Waals surface area contributed by atoms with Crippen LogP contribution in [0.25, 0.3) is 10.9 Å². The summed E-state index contributed by atoms with van der Waals surface area (Å²) >= 11 is 6.16. The highest BCUT2D eigenvalue weighted by Crippen LogP contribution is 2.33. The molecule has 7 nitrogen and oxygen atoms in total. The topological polar surface area (TPSA) is 92.2 Å². The second-order valence-corrected chi connectivity index (χ2v) is 9.14. The molecule has 0 saturated heterocycles. The molecule has 180 valence electrons. The van der Waals surface area contributed by atoms with Gasteiger partial charge in [-0.15, -0.1) is 0 Å². The maximum absolute atomic E-state index is 11.1. The van der Waals surface area contributed by atoms with E-state index < -0.39 is 5.97 Å². The van der Waals surface area contributed by atoms with Crippen molar-refractivity contribution in [2.45, 2.75) is 6.54 Å². The Kier molecular flexibility index (Phi) is 7.10. The number of nitrogens with zero attached hydrogens (tertiary/aromatic N) is 3. The minimum absolute atomic E-state index is 0.00248. The van der Waals surface area contributed by atoms with Crippen LogP contribution >= 0.6 is 11.6 Å². The number of aromatic nitrogens is 1. The largest absolute Gasteiger partial charge is 0.494 e. The first-order valence-corrected chi connectivity index (χ1v) is 11.5. The third kappa shape index (κ3) is 5.65. The number of hydrogen-bond donors (Lipinski definition) is 3. The number of aromatic hydroxyl groups is 1. The summed E-state index contributed by atoms with van der Waals surface area (Å²) in [5, 5.41) is 21.3. The highest BCUT2D eigenvalue weighted by Gasteiger charge is 2.19. The molecular weight excluding hydrogens is 464 g/mol. The van der Waals surface area contributed by atoms with Crippen molar-refractivity contribution in [3.63, 3.8) is 0 Å². The smallest absolute Gasteiger partial charge is 0.323 e. The van der Waals surface area contributed by atoms with Crippen molar-refractivity contribution < 1.29 is 15.0 Å². The number of likely N-dealkylation sites (N-methyl/N-ethyl adjacent to an activating group) is 1. The van der Waals surface area contributed by atoms with E-state index in [1.807, 2.05) is 68.7 Å². The van der Waals surface area contributed by atoms with Gasteiger partial charge in [-0.25, -0.2) is 4.99 Å². The zero-order valence-corrected chi connectivity index (χ0v) is 20.5. The summed E-state index contributed by atoms with van der Waals surface area (Å²) < 4.78 is 0. The molecule has 4 rings (SSSR count). The molecule has 0 radical (unpaired) electrons. The number of anilines is 1. The Bertz CT molecular complexity index is 1380. The number of H-pyrrole nitrogens is 1. The molecule has 0 spiro atoms. The molecular formula is C27H27ClN4O3. The van der Waals surface area contributed by atoms with Crippen LogP contribution in [0, 0.1) is 0 Å². The SMILES string of the molecule is CN(C)Cc1ccc(N=C(c2ccc(N(C)CC(=O)O)cc2)c2c(O)[nH]c3cc(Cl)ccc23)cc1. The van der Waals surface area contributed by atoms with Crippen molar-refractivity contribution in [3.05, 3.63) is 88.4 Å². The molecule has 0 bridgehead atoms. The number of fused-ring (bicyclic) bond motifs is 1. The molecule has 3 N–H and O–H groups in total. The monoisotopic (exact) mass is 490 g/mol. The maximum atomic E-state index is 11.1. The summed E-state index contributed by atoms with van der Waals surface area (Å²) in [6.07, 6.45) is 0. The molecule has 3 aromatic carbocycles. The molecule has 0 aliphatic rings. The van der Waals surface area contributed by atoms with E-state index >= 15 is 0 Å². The van der Waals surface area contributed by atoms with Crippen molar-refractivity contribution in [2.24, 2.45) is 4.99 Å². The van der Waals surface area contributed by atoms with Gasteiger partial charge in [0.1, 0.15) is 6.54 Å². The fourth-order valence-electron chi connectivity index (χ4n) is 4.00. The van der Waals surface area contributed by atoms with E-state index in [0.717, 1.165) is 28.9 Å². The quantitative estimate of drug-likeness (QED) is 0.292. The molecule has 1 aromatic heterocycles. The summed E-state index contributed by atoms with van der Waals surface area (Å²) in [5.41, 5.74) is 5.32. The molecule has 4 aromatic rings. The summed E-state index contributed by atoms with van der Waals surface area (Å²) in [5.74, 6) is -0.906. The predicted octanol–water partition coefficient (Wildman–Crippen LogP) is 5.28. The van der Waals surface area contributed by atoms with Crippen LogP contribution in [0.2, 0.25) is 5.02 Å². The number of benzene rings is 3. The molecule has 0 aliphatic carbocycles. The Hall–Kier alpha value is -3.81. The van der Waals surface area contributed by atoms with E-state index in [1.54, 1.807) is 24.1 Å². The van der Waals surface area contributed by atoms with Crippen LogP contribution in [0.5, 0.6) is 5.88 Å². The fourth-order valence-corrected chi connectivity index (χ4v) is 4.17. The lowest BCUT2D eigenvalue weighted by molar-refractivity contribution is -0.135. The van der Waals surface area contributed by atoms with E-state index in [-0.39, 0.29) is 12.4 Å². The van der Waals surface area contributed by atoms with Gasteiger partial charge < -0.3 is 25.0 Å². The highest BCUT2D eigenvalue weighted by atomic mass is 35.5. The van der Waals surface area contributed by atoms with Crippen LogP contribution in [-0.2, 0) is 11.3 Å². The fraction of sp³-hybridized carbons (Fsp3) is 0.185. The summed E-state index contributed by atoms with van der Waals surface area (Å²) in [6, 6.07) is 20.8. The van der Waals surface area contributed by atoms with Crippen LogP contribution in [0.15, 0.2) is 71.7 Å². The molecule has 0 atom stereocenters.